The molecule has 2 aromatic rings. The number of aromatic nitrogens is 3. The first kappa shape index (κ1) is 18.6. The Kier molecular flexibility index (Phi) is 5.41. The number of benzene rings is 1. The van der Waals surface area contributed by atoms with Gasteiger partial charge in [-0.2, -0.15) is 10.1 Å². The predicted molar refractivity (Wildman–Crippen MR) is 104 cm³/mol. The van der Waals surface area contributed by atoms with E-state index < -0.39 is 9.84 Å². The van der Waals surface area contributed by atoms with Crippen LogP contribution in [-0.4, -0.2) is 48.2 Å². The Morgan fingerprint density at radius 2 is 1.92 bits per heavy atom. The summed E-state index contributed by atoms with van der Waals surface area (Å²) in [6, 6.07) is 6.17. The van der Waals surface area contributed by atoms with Gasteiger partial charge in [0.15, 0.2) is 15.7 Å². The zero-order valence-corrected chi connectivity index (χ0v) is 16.3. The van der Waals surface area contributed by atoms with Crippen LogP contribution in [-0.2, 0) is 22.7 Å². The second kappa shape index (κ2) is 7.57. The maximum absolute atomic E-state index is 11.7. The van der Waals surface area contributed by atoms with E-state index in [-0.39, 0.29) is 17.5 Å². The lowest BCUT2D eigenvalue weighted by atomic mass is 10.0. The summed E-state index contributed by atoms with van der Waals surface area (Å²) < 4.78 is 23.5. The van der Waals surface area contributed by atoms with Crippen LogP contribution in [0.3, 0.4) is 0 Å². The van der Waals surface area contributed by atoms with Gasteiger partial charge in [0.2, 0.25) is 5.95 Å². The lowest BCUT2D eigenvalue weighted by molar-refractivity contribution is 0.600. The van der Waals surface area contributed by atoms with Gasteiger partial charge in [0, 0.05) is 18.8 Å². The number of nitrogens with zero attached hydrogens (tertiary/aromatic N) is 4. The average Bonchev–Trinajstić information content (AvgIpc) is 3.01. The third-order valence-corrected chi connectivity index (χ3v) is 6.65. The van der Waals surface area contributed by atoms with Crippen molar-refractivity contribution in [2.24, 2.45) is 0 Å². The van der Waals surface area contributed by atoms with Crippen LogP contribution in [0.2, 0.25) is 0 Å². The van der Waals surface area contributed by atoms with Gasteiger partial charge in [-0.25, -0.2) is 8.42 Å². The second-order valence-electron chi connectivity index (χ2n) is 6.59. The van der Waals surface area contributed by atoms with Crippen LogP contribution in [0.25, 0.3) is 0 Å². The van der Waals surface area contributed by atoms with Crippen molar-refractivity contribution in [2.45, 2.75) is 39.2 Å². The quantitative estimate of drug-likeness (QED) is 0.829. The number of nitrogens with one attached hydrogen (secondary N) is 1. The van der Waals surface area contributed by atoms with Gasteiger partial charge >= 0.3 is 0 Å². The van der Waals surface area contributed by atoms with Crippen molar-refractivity contribution < 1.29 is 8.42 Å². The summed E-state index contributed by atoms with van der Waals surface area (Å²) in [6.45, 7) is 4.23. The Bertz CT molecular complexity index is 863. The minimum absolute atomic E-state index is 0.0707. The highest BCUT2D eigenvalue weighted by Gasteiger charge is 2.31. The van der Waals surface area contributed by atoms with E-state index in [2.05, 4.69) is 52.5 Å². The first-order chi connectivity index (χ1) is 12.4. The van der Waals surface area contributed by atoms with Crippen LogP contribution in [0, 0.1) is 0 Å². The molecule has 0 bridgehead atoms. The van der Waals surface area contributed by atoms with Crippen LogP contribution >= 0.6 is 0 Å². The Morgan fingerprint density at radius 3 is 2.50 bits per heavy atom. The first-order valence-corrected chi connectivity index (χ1v) is 10.8. The van der Waals surface area contributed by atoms with E-state index in [0.717, 1.165) is 18.5 Å². The van der Waals surface area contributed by atoms with Crippen molar-refractivity contribution in [3.63, 3.8) is 0 Å². The fourth-order valence-corrected chi connectivity index (χ4v) is 5.08. The first-order valence-electron chi connectivity index (χ1n) is 8.94. The largest absolute Gasteiger partial charge is 0.354 e. The molecule has 1 fully saturated rings. The number of aryl methyl sites for hydroxylation is 2. The zero-order chi connectivity index (χ0) is 18.7. The Labute approximate surface area is 154 Å². The molecule has 1 unspecified atom stereocenters. The molecule has 0 saturated carbocycles. The van der Waals surface area contributed by atoms with Gasteiger partial charge in [-0.1, -0.05) is 32.0 Å². The standard InChI is InChI=1S/C18H25N5O2S/c1-4-13-7-6-8-14(5-2)17(13)21-18-20-16(11-19-22-18)23(3)15-9-10-26(24,25)12-15/h6-8,11,15H,4-5,9-10,12H2,1-3H3,(H,20,21,22). The number of hydrogen-bond acceptors (Lipinski definition) is 7. The van der Waals surface area contributed by atoms with E-state index in [0.29, 0.717) is 18.2 Å². The average molecular weight is 375 g/mol. The summed E-state index contributed by atoms with van der Waals surface area (Å²) in [5.74, 6) is 1.44. The summed E-state index contributed by atoms with van der Waals surface area (Å²) in [6.07, 6.45) is 4.00. The molecule has 1 aliphatic rings. The lowest BCUT2D eigenvalue weighted by Crippen LogP contribution is -2.33. The summed E-state index contributed by atoms with van der Waals surface area (Å²) >= 11 is 0. The number of rotatable bonds is 6. The number of anilines is 3. The second-order valence-corrected chi connectivity index (χ2v) is 8.82. The predicted octanol–water partition coefficient (Wildman–Crippen LogP) is 2.36. The monoisotopic (exact) mass is 375 g/mol. The van der Waals surface area contributed by atoms with Gasteiger partial charge in [0.25, 0.3) is 0 Å². The summed E-state index contributed by atoms with van der Waals surface area (Å²) in [5, 5.41) is 11.5. The van der Waals surface area contributed by atoms with Crippen LogP contribution in [0.4, 0.5) is 17.5 Å². The van der Waals surface area contributed by atoms with Crippen LogP contribution < -0.4 is 10.2 Å². The molecule has 2 heterocycles. The minimum Gasteiger partial charge on any atom is -0.354 e. The normalized spacial score (nSPS) is 18.7. The SMILES string of the molecule is CCc1cccc(CC)c1Nc1nncc(N(C)C2CCS(=O)(=O)C2)n1. The molecule has 0 spiro atoms. The molecule has 1 aliphatic heterocycles. The Morgan fingerprint density at radius 1 is 1.23 bits per heavy atom. The van der Waals surface area contributed by atoms with Crippen molar-refractivity contribution in [2.75, 3.05) is 28.8 Å². The van der Waals surface area contributed by atoms with Gasteiger partial charge in [0.05, 0.1) is 17.7 Å². The summed E-state index contributed by atoms with van der Waals surface area (Å²) in [4.78, 5) is 6.44. The number of hydrogen-bond donors (Lipinski definition) is 1. The molecule has 1 aromatic carbocycles. The van der Waals surface area contributed by atoms with Crippen molar-refractivity contribution in [3.05, 3.63) is 35.5 Å². The molecule has 1 aromatic heterocycles. The zero-order valence-electron chi connectivity index (χ0n) is 15.4. The molecule has 8 heteroatoms. The van der Waals surface area contributed by atoms with Crippen molar-refractivity contribution in [1.29, 1.82) is 0 Å². The van der Waals surface area contributed by atoms with Crippen LogP contribution in [0.1, 0.15) is 31.4 Å². The molecule has 1 N–H and O–H groups in total. The molecule has 26 heavy (non-hydrogen) atoms. The summed E-state index contributed by atoms with van der Waals surface area (Å²) in [5.41, 5.74) is 3.43. The van der Waals surface area contributed by atoms with E-state index in [1.165, 1.54) is 11.1 Å². The summed E-state index contributed by atoms with van der Waals surface area (Å²) in [7, 11) is -1.09. The van der Waals surface area contributed by atoms with E-state index in [9.17, 15) is 8.42 Å². The Hall–Kier alpha value is -2.22. The molecule has 3 rings (SSSR count). The fraction of sp³-hybridized carbons (Fsp3) is 0.500. The van der Waals surface area contributed by atoms with Crippen molar-refractivity contribution in [3.8, 4) is 0 Å². The van der Waals surface area contributed by atoms with Gasteiger partial charge in [-0.15, -0.1) is 5.10 Å². The molecular weight excluding hydrogens is 350 g/mol. The highest BCUT2D eigenvalue weighted by molar-refractivity contribution is 7.91. The molecule has 0 radical (unpaired) electrons. The fourth-order valence-electron chi connectivity index (χ4n) is 3.30. The molecule has 7 nitrogen and oxygen atoms in total. The van der Waals surface area contributed by atoms with Gasteiger partial charge in [-0.3, -0.25) is 0 Å². The minimum atomic E-state index is -2.95. The van der Waals surface area contributed by atoms with Crippen molar-refractivity contribution >= 4 is 27.3 Å². The third-order valence-electron chi connectivity index (χ3n) is 4.90. The number of para-hydroxylation sites is 1. The van der Waals surface area contributed by atoms with Crippen LogP contribution in [0.15, 0.2) is 24.4 Å². The topological polar surface area (TPSA) is 88.1 Å². The maximum Gasteiger partial charge on any atom is 0.249 e. The molecule has 140 valence electrons. The van der Waals surface area contributed by atoms with Crippen molar-refractivity contribution in [1.82, 2.24) is 15.2 Å². The van der Waals surface area contributed by atoms with E-state index >= 15 is 0 Å². The smallest absolute Gasteiger partial charge is 0.249 e. The molecule has 1 atom stereocenters. The molecule has 1 saturated heterocycles. The number of sulfone groups is 1. The maximum atomic E-state index is 11.7. The molecule has 0 amide bonds. The highest BCUT2D eigenvalue weighted by Crippen LogP contribution is 2.26. The third kappa shape index (κ3) is 3.95. The van der Waals surface area contributed by atoms with E-state index in [4.69, 9.17) is 0 Å². The highest BCUT2D eigenvalue weighted by atomic mass is 32.2. The van der Waals surface area contributed by atoms with E-state index in [1.807, 2.05) is 11.9 Å². The van der Waals surface area contributed by atoms with Crippen LogP contribution in [0.5, 0.6) is 0 Å². The lowest BCUT2D eigenvalue weighted by Gasteiger charge is -2.24. The van der Waals surface area contributed by atoms with Gasteiger partial charge in [-0.05, 0) is 30.4 Å². The van der Waals surface area contributed by atoms with Gasteiger partial charge in [0.1, 0.15) is 0 Å². The Balaban J connectivity index is 1.85. The molecular formula is C18H25N5O2S. The molecule has 0 aliphatic carbocycles. The van der Waals surface area contributed by atoms with Gasteiger partial charge < -0.3 is 10.2 Å². The van der Waals surface area contributed by atoms with E-state index in [1.54, 1.807) is 6.20 Å².